The van der Waals surface area contributed by atoms with Crippen LogP contribution < -0.4 is 0 Å². The van der Waals surface area contributed by atoms with E-state index in [4.69, 9.17) is 0 Å². The van der Waals surface area contributed by atoms with E-state index in [0.717, 1.165) is 11.8 Å². The highest BCUT2D eigenvalue weighted by Gasteiger charge is 2.62. The van der Waals surface area contributed by atoms with E-state index in [2.05, 4.69) is 196 Å². The number of hydrogen-bond donors (Lipinski definition) is 0. The van der Waals surface area contributed by atoms with Gasteiger partial charge in [0.05, 0.1) is 0 Å². The van der Waals surface area contributed by atoms with Crippen molar-refractivity contribution in [1.29, 1.82) is 0 Å². The van der Waals surface area contributed by atoms with Crippen molar-refractivity contribution in [1.82, 2.24) is 0 Å². The first kappa shape index (κ1) is 36.0. The summed E-state index contributed by atoms with van der Waals surface area (Å²) in [7, 11) is 0. The van der Waals surface area contributed by atoms with Crippen molar-refractivity contribution in [3.05, 3.63) is 204 Å². The molecule has 6 aliphatic rings. The van der Waals surface area contributed by atoms with E-state index >= 15 is 0 Å². The standard InChI is InChI=1S/C63H50/c1-62(2)57-25-23-45(36-55(57)54-24-22-42-16-9-10-17-53(42)61(54)62)52-18-11-19-58-60(52)56-35-44-21-20-43(31-49(44)37-59(56)63(58)50-27-38-26-39(29-50)30-51(63)28-38)48-33-46(40-12-5-3-6-13-40)32-47(34-48)41-14-7-4-8-15-41/h3-25,31-39,50-51H,26-30H2,1-2H3. The second-order valence-electron chi connectivity index (χ2n) is 20.5. The number of benzene rings is 9. The number of rotatable bonds is 4. The lowest BCUT2D eigenvalue weighted by Gasteiger charge is -2.61. The van der Waals surface area contributed by atoms with Gasteiger partial charge in [-0.1, -0.05) is 153 Å². The summed E-state index contributed by atoms with van der Waals surface area (Å²) in [6.07, 6.45) is 6.96. The SMILES string of the molecule is CC1(C)c2ccc(-c3cccc4c3-c3cc5ccc(-c6cc(-c7ccccc7)cc(-c7ccccc7)c6)cc5cc3C43C4CC5CC(C4)CC3C5)cc2-c2ccc3ccccc3c21. The molecule has 0 N–H and O–H groups in total. The molecule has 4 saturated carbocycles. The summed E-state index contributed by atoms with van der Waals surface area (Å²) >= 11 is 0. The second kappa shape index (κ2) is 13.0. The average molecular weight is 807 g/mol. The largest absolute Gasteiger partial charge is 0.0622 e. The maximum absolute atomic E-state index is 2.69. The summed E-state index contributed by atoms with van der Waals surface area (Å²) in [5.74, 6) is 3.18. The molecule has 1 spiro atoms. The molecule has 6 aliphatic carbocycles. The second-order valence-corrected chi connectivity index (χ2v) is 20.5. The molecule has 9 aromatic rings. The van der Waals surface area contributed by atoms with Crippen molar-refractivity contribution in [2.24, 2.45) is 23.7 Å². The van der Waals surface area contributed by atoms with Crippen molar-refractivity contribution < 1.29 is 0 Å². The van der Waals surface area contributed by atoms with E-state index in [-0.39, 0.29) is 10.8 Å². The monoisotopic (exact) mass is 806 g/mol. The molecule has 0 heteroatoms. The first-order chi connectivity index (χ1) is 30.9. The lowest BCUT2D eigenvalue weighted by atomic mass is 9.43. The molecular weight excluding hydrogens is 757 g/mol. The quantitative estimate of drug-likeness (QED) is 0.166. The highest BCUT2D eigenvalue weighted by molar-refractivity contribution is 6.02. The molecule has 0 aromatic heterocycles. The summed E-state index contributed by atoms with van der Waals surface area (Å²) in [4.78, 5) is 0. The summed E-state index contributed by atoms with van der Waals surface area (Å²) in [5, 5.41) is 5.40. The van der Waals surface area contributed by atoms with Crippen LogP contribution in [0.3, 0.4) is 0 Å². The molecule has 15 rings (SSSR count). The smallest absolute Gasteiger partial charge is 0.0272 e. The van der Waals surface area contributed by atoms with Crippen molar-refractivity contribution >= 4 is 21.5 Å². The fourth-order valence-corrected chi connectivity index (χ4v) is 14.6. The molecular formula is C63H50. The van der Waals surface area contributed by atoms with Crippen LogP contribution in [0.1, 0.15) is 68.2 Å². The molecule has 0 unspecified atom stereocenters. The molecule has 0 amide bonds. The Balaban J connectivity index is 0.962. The molecule has 0 nitrogen and oxygen atoms in total. The van der Waals surface area contributed by atoms with Gasteiger partial charge in [0.1, 0.15) is 0 Å². The predicted molar refractivity (Wildman–Crippen MR) is 264 cm³/mol. The van der Waals surface area contributed by atoms with Crippen molar-refractivity contribution in [2.75, 3.05) is 0 Å². The van der Waals surface area contributed by atoms with Crippen LogP contribution in [0.4, 0.5) is 0 Å². The van der Waals surface area contributed by atoms with Gasteiger partial charge in [0.2, 0.25) is 0 Å². The van der Waals surface area contributed by atoms with Crippen LogP contribution in [0.5, 0.6) is 0 Å². The number of fused-ring (bicyclic) bond motifs is 9. The van der Waals surface area contributed by atoms with Gasteiger partial charge in [-0.05, 0) is 209 Å². The Morgan fingerprint density at radius 2 is 0.984 bits per heavy atom. The van der Waals surface area contributed by atoms with E-state index in [1.54, 1.807) is 11.1 Å². The zero-order valence-electron chi connectivity index (χ0n) is 36.2. The van der Waals surface area contributed by atoms with Crippen molar-refractivity contribution in [2.45, 2.75) is 56.8 Å². The van der Waals surface area contributed by atoms with Crippen LogP contribution in [0.15, 0.2) is 182 Å². The predicted octanol–water partition coefficient (Wildman–Crippen LogP) is 16.7. The van der Waals surface area contributed by atoms with Crippen molar-refractivity contribution in [3.8, 4) is 66.8 Å². The molecule has 0 radical (unpaired) electrons. The molecule has 4 fully saturated rings. The van der Waals surface area contributed by atoms with Gasteiger partial charge in [0.15, 0.2) is 0 Å². The minimum Gasteiger partial charge on any atom is -0.0622 e. The van der Waals surface area contributed by atoms with Gasteiger partial charge in [-0.3, -0.25) is 0 Å². The fourth-order valence-electron chi connectivity index (χ4n) is 14.6. The van der Waals surface area contributed by atoms with Crippen LogP contribution in [0.2, 0.25) is 0 Å². The molecule has 0 atom stereocenters. The van der Waals surface area contributed by atoms with Crippen LogP contribution >= 0.6 is 0 Å². The Morgan fingerprint density at radius 3 is 1.70 bits per heavy atom. The summed E-state index contributed by atoms with van der Waals surface area (Å²) in [6, 6.07) is 70.0. The van der Waals surface area contributed by atoms with Crippen LogP contribution in [-0.2, 0) is 10.8 Å². The Labute approximate surface area is 371 Å². The third-order valence-corrected chi connectivity index (χ3v) is 17.0. The Kier molecular flexibility index (Phi) is 7.45. The molecule has 63 heavy (non-hydrogen) atoms. The van der Waals surface area contributed by atoms with Gasteiger partial charge in [0.25, 0.3) is 0 Å². The number of hydrogen-bond acceptors (Lipinski definition) is 0. The molecule has 0 heterocycles. The van der Waals surface area contributed by atoms with Crippen molar-refractivity contribution in [3.63, 3.8) is 0 Å². The van der Waals surface area contributed by atoms with Crippen LogP contribution in [-0.4, -0.2) is 0 Å². The highest BCUT2D eigenvalue weighted by Crippen LogP contribution is 2.70. The normalized spacial score (nSPS) is 23.0. The highest BCUT2D eigenvalue weighted by atomic mass is 14.6. The Hall–Kier alpha value is -6.50. The molecule has 0 aliphatic heterocycles. The fraction of sp³-hybridized carbons (Fsp3) is 0.206. The first-order valence-corrected chi connectivity index (χ1v) is 23.6. The third-order valence-electron chi connectivity index (χ3n) is 17.0. The lowest BCUT2D eigenvalue weighted by molar-refractivity contribution is -0.0398. The minimum atomic E-state index is -0.0660. The van der Waals surface area contributed by atoms with Gasteiger partial charge >= 0.3 is 0 Å². The molecule has 0 saturated heterocycles. The zero-order valence-corrected chi connectivity index (χ0v) is 36.2. The van der Waals surface area contributed by atoms with E-state index in [0.29, 0.717) is 11.8 Å². The maximum Gasteiger partial charge on any atom is 0.0272 e. The molecule has 302 valence electrons. The Bertz CT molecular complexity index is 3280. The molecule has 9 aromatic carbocycles. The topological polar surface area (TPSA) is 0 Å². The van der Waals surface area contributed by atoms with E-state index in [1.165, 1.54) is 132 Å². The zero-order chi connectivity index (χ0) is 41.6. The van der Waals surface area contributed by atoms with Crippen LogP contribution in [0.25, 0.3) is 88.3 Å². The van der Waals surface area contributed by atoms with Crippen LogP contribution in [0, 0.1) is 23.7 Å². The van der Waals surface area contributed by atoms with Gasteiger partial charge in [-0.15, -0.1) is 0 Å². The first-order valence-electron chi connectivity index (χ1n) is 23.6. The van der Waals surface area contributed by atoms with E-state index in [1.807, 2.05) is 0 Å². The Morgan fingerprint density at radius 1 is 0.349 bits per heavy atom. The van der Waals surface area contributed by atoms with Gasteiger partial charge in [-0.25, -0.2) is 0 Å². The van der Waals surface area contributed by atoms with E-state index in [9.17, 15) is 0 Å². The summed E-state index contributed by atoms with van der Waals surface area (Å²) in [5.41, 5.74) is 22.2. The third kappa shape index (κ3) is 5.04. The summed E-state index contributed by atoms with van der Waals surface area (Å²) < 4.78 is 0. The average Bonchev–Trinajstić information content (AvgIpc) is 3.74. The lowest BCUT2D eigenvalue weighted by Crippen LogP contribution is -2.55. The van der Waals surface area contributed by atoms with Gasteiger partial charge in [0, 0.05) is 10.8 Å². The minimum absolute atomic E-state index is 0.0657. The van der Waals surface area contributed by atoms with E-state index < -0.39 is 0 Å². The van der Waals surface area contributed by atoms with Gasteiger partial charge < -0.3 is 0 Å². The molecule has 4 bridgehead atoms. The summed E-state index contributed by atoms with van der Waals surface area (Å²) in [6.45, 7) is 4.85. The van der Waals surface area contributed by atoms with Gasteiger partial charge in [-0.2, -0.15) is 0 Å². The maximum atomic E-state index is 2.69.